The molecule has 0 bridgehead atoms. The van der Waals surface area contributed by atoms with Gasteiger partial charge in [-0.3, -0.25) is 0 Å². The molecule has 0 aliphatic carbocycles. The van der Waals surface area contributed by atoms with Gasteiger partial charge in [0.05, 0.1) is 17.1 Å². The van der Waals surface area contributed by atoms with Crippen molar-refractivity contribution in [2.24, 2.45) is 0 Å². The molecule has 16 rings (SSSR count). The predicted molar refractivity (Wildman–Crippen MR) is 411 cm³/mol. The number of benzene rings is 14. The number of para-hydroxylation sites is 2. The first kappa shape index (κ1) is 59.6. The number of nitrogens with zero attached hydrogens (tertiary/aromatic N) is 3. The monoisotopic (exact) mass is 1230 g/mol. The van der Waals surface area contributed by atoms with Crippen molar-refractivity contribution in [3.63, 3.8) is 0 Å². The molecule has 4 heteroatoms. The third-order valence-corrected chi connectivity index (χ3v) is 19.6. The largest absolute Gasteiger partial charge is 0.311 e. The summed E-state index contributed by atoms with van der Waals surface area (Å²) < 4.78 is 0. The summed E-state index contributed by atoms with van der Waals surface area (Å²) in [6.07, 6.45) is 0. The molecule has 96 heavy (non-hydrogen) atoms. The van der Waals surface area contributed by atoms with Crippen LogP contribution in [0.1, 0.15) is 52.7 Å². The molecule has 2 heterocycles. The zero-order chi connectivity index (χ0) is 65.1. The van der Waals surface area contributed by atoms with Gasteiger partial charge in [0.1, 0.15) is 0 Å². The second-order valence-corrected chi connectivity index (χ2v) is 27.7. The molecule has 0 radical (unpaired) electrons. The van der Waals surface area contributed by atoms with Crippen LogP contribution in [0.4, 0.5) is 51.2 Å². The second kappa shape index (κ2) is 24.5. The fourth-order valence-electron chi connectivity index (χ4n) is 14.7. The average Bonchev–Trinajstić information content (AvgIpc) is 0.690. The second-order valence-electron chi connectivity index (χ2n) is 27.7. The maximum absolute atomic E-state index is 2.68. The van der Waals surface area contributed by atoms with Gasteiger partial charge in [0.25, 0.3) is 6.71 Å². The Hall–Kier alpha value is -11.5. The Labute approximate surface area is 566 Å². The van der Waals surface area contributed by atoms with Gasteiger partial charge in [-0.2, -0.15) is 0 Å². The summed E-state index contributed by atoms with van der Waals surface area (Å²) in [7, 11) is 0. The molecular formula is C92H74BN3. The molecule has 0 saturated carbocycles. The molecule has 0 N–H and O–H groups in total. The van der Waals surface area contributed by atoms with Gasteiger partial charge in [-0.1, -0.05) is 315 Å². The summed E-state index contributed by atoms with van der Waals surface area (Å²) in [5.74, 6) is 0. The lowest BCUT2D eigenvalue weighted by Gasteiger charge is -2.46. The third kappa shape index (κ3) is 11.0. The van der Waals surface area contributed by atoms with Crippen LogP contribution in [0.25, 0.3) is 77.9 Å². The minimum Gasteiger partial charge on any atom is -0.311 e. The maximum Gasteiger partial charge on any atom is 0.252 e. The van der Waals surface area contributed by atoms with E-state index in [1.165, 1.54) is 44.2 Å². The molecule has 0 spiro atoms. The first-order chi connectivity index (χ1) is 46.9. The molecule has 2 aliphatic rings. The molecule has 0 aromatic heterocycles. The molecule has 0 fully saturated rings. The maximum atomic E-state index is 2.68. The first-order valence-corrected chi connectivity index (χ1v) is 33.7. The first-order valence-electron chi connectivity index (χ1n) is 33.7. The Morgan fingerprint density at radius 1 is 0.240 bits per heavy atom. The fraction of sp³-hybridized carbons (Fsp3) is 0.0870. The van der Waals surface area contributed by atoms with E-state index in [0.29, 0.717) is 0 Å². The molecule has 0 unspecified atom stereocenters. The van der Waals surface area contributed by atoms with Crippen molar-refractivity contribution >= 4 is 74.3 Å². The van der Waals surface area contributed by atoms with Gasteiger partial charge in [-0.25, -0.2) is 0 Å². The van der Waals surface area contributed by atoms with Crippen molar-refractivity contribution < 1.29 is 0 Å². The standard InChI is InChI=1S/C92H74BN3/c1-91(2,3)74-47-51-76(52-48-74)94(77-53-49-75(50-54-77)92(4,5)6)78-61-87-89-88(62-78)96(90-80(72-39-24-37-68(57-72)63-27-12-7-13-28-63)42-26-43-81(90)73-40-25-38-69(58-73)64-29-14-8-15-30-64)86-60-71(66-33-18-10-19-34-66)46-56-83(86)93(89)82-55-45-70(65-31-16-9-17-32-65)59-85(82)95(87)84-44-23-22-41-79(84)67-35-20-11-21-36-67/h7-62H,1-6H3. The third-order valence-electron chi connectivity index (χ3n) is 19.6. The van der Waals surface area contributed by atoms with Gasteiger partial charge in [0.2, 0.25) is 0 Å². The summed E-state index contributed by atoms with van der Waals surface area (Å²) in [5.41, 5.74) is 32.0. The SMILES string of the molecule is CC(C)(C)c1ccc(N(c2ccc(C(C)(C)C)cc2)c2cc3c4c(c2)N(c2c(-c5cccc(-c6ccccc6)c5)cccc2-c2cccc(-c5ccccc5)c2)c2cc(-c5ccccc5)ccc2B4c2ccc(-c4ccccc4)cc2N3c2ccccc2-c2ccccc2)cc1. The lowest BCUT2D eigenvalue weighted by molar-refractivity contribution is 0.590. The highest BCUT2D eigenvalue weighted by molar-refractivity contribution is 7.00. The van der Waals surface area contributed by atoms with E-state index >= 15 is 0 Å². The Bertz CT molecular complexity index is 5010. The number of fused-ring (bicyclic) bond motifs is 4. The van der Waals surface area contributed by atoms with E-state index in [9.17, 15) is 0 Å². The molecule has 0 saturated heterocycles. The highest BCUT2D eigenvalue weighted by Gasteiger charge is 2.45. The quantitative estimate of drug-likeness (QED) is 0.113. The number of hydrogen-bond donors (Lipinski definition) is 0. The zero-order valence-corrected chi connectivity index (χ0v) is 55.3. The molecule has 14 aromatic rings. The number of rotatable bonds is 12. The van der Waals surface area contributed by atoms with Crippen LogP contribution in [0, 0.1) is 0 Å². The van der Waals surface area contributed by atoms with Crippen LogP contribution in [-0.4, -0.2) is 6.71 Å². The van der Waals surface area contributed by atoms with Crippen LogP contribution in [0.2, 0.25) is 0 Å². The van der Waals surface area contributed by atoms with Gasteiger partial charge >= 0.3 is 0 Å². The van der Waals surface area contributed by atoms with Crippen LogP contribution in [0.15, 0.2) is 340 Å². The van der Waals surface area contributed by atoms with E-state index in [1.54, 1.807) is 0 Å². The van der Waals surface area contributed by atoms with Crippen molar-refractivity contribution in [1.82, 2.24) is 0 Å². The van der Waals surface area contributed by atoms with Crippen LogP contribution < -0.4 is 31.1 Å². The van der Waals surface area contributed by atoms with Gasteiger partial charge in [0, 0.05) is 50.8 Å². The Kier molecular flexibility index (Phi) is 15.2. The fourth-order valence-corrected chi connectivity index (χ4v) is 14.7. The van der Waals surface area contributed by atoms with E-state index in [4.69, 9.17) is 0 Å². The van der Waals surface area contributed by atoms with E-state index < -0.39 is 0 Å². The zero-order valence-electron chi connectivity index (χ0n) is 55.3. The van der Waals surface area contributed by atoms with Crippen molar-refractivity contribution in [3.8, 4) is 77.9 Å². The van der Waals surface area contributed by atoms with E-state index in [-0.39, 0.29) is 17.5 Å². The predicted octanol–water partition coefficient (Wildman–Crippen LogP) is 23.5. The molecule has 0 atom stereocenters. The number of anilines is 9. The Morgan fingerprint density at radius 3 is 1.02 bits per heavy atom. The minimum absolute atomic E-state index is 0.0554. The molecule has 2 aliphatic heterocycles. The van der Waals surface area contributed by atoms with Gasteiger partial charge in [0.15, 0.2) is 0 Å². The van der Waals surface area contributed by atoms with E-state index in [0.717, 1.165) is 112 Å². The summed E-state index contributed by atoms with van der Waals surface area (Å²) in [4.78, 5) is 7.81. The average molecular weight is 1230 g/mol. The highest BCUT2D eigenvalue weighted by atomic mass is 15.2. The minimum atomic E-state index is -0.205. The van der Waals surface area contributed by atoms with Crippen LogP contribution in [-0.2, 0) is 10.8 Å². The normalized spacial score (nSPS) is 12.4. The molecular weight excluding hydrogens is 1160 g/mol. The smallest absolute Gasteiger partial charge is 0.252 e. The van der Waals surface area contributed by atoms with Crippen molar-refractivity contribution in [2.75, 3.05) is 14.7 Å². The van der Waals surface area contributed by atoms with Gasteiger partial charge < -0.3 is 14.7 Å². The Balaban J connectivity index is 1.07. The van der Waals surface area contributed by atoms with Crippen molar-refractivity contribution in [3.05, 3.63) is 351 Å². The molecule has 3 nitrogen and oxygen atoms in total. The molecule has 0 amide bonds. The van der Waals surface area contributed by atoms with Crippen molar-refractivity contribution in [1.29, 1.82) is 0 Å². The summed E-state index contributed by atoms with van der Waals surface area (Å²) in [5, 5.41) is 0. The van der Waals surface area contributed by atoms with Crippen molar-refractivity contribution in [2.45, 2.75) is 52.4 Å². The summed E-state index contributed by atoms with van der Waals surface area (Å²) in [6.45, 7) is 13.6. The van der Waals surface area contributed by atoms with Crippen LogP contribution in [0.3, 0.4) is 0 Å². The molecule has 460 valence electrons. The van der Waals surface area contributed by atoms with Crippen LogP contribution >= 0.6 is 0 Å². The lowest BCUT2D eigenvalue weighted by atomic mass is 9.33. The van der Waals surface area contributed by atoms with Gasteiger partial charge in [-0.05, 0) is 166 Å². The summed E-state index contributed by atoms with van der Waals surface area (Å²) >= 11 is 0. The molecule has 14 aromatic carbocycles. The summed E-state index contributed by atoms with van der Waals surface area (Å²) in [6, 6.07) is 127. The topological polar surface area (TPSA) is 9.72 Å². The number of hydrogen-bond acceptors (Lipinski definition) is 3. The van der Waals surface area contributed by atoms with Gasteiger partial charge in [-0.15, -0.1) is 0 Å². The lowest BCUT2D eigenvalue weighted by Crippen LogP contribution is -2.61. The highest BCUT2D eigenvalue weighted by Crippen LogP contribution is 2.54. The van der Waals surface area contributed by atoms with Crippen LogP contribution in [0.5, 0.6) is 0 Å². The Morgan fingerprint density at radius 2 is 0.583 bits per heavy atom. The van der Waals surface area contributed by atoms with E-state index in [2.05, 4.69) is 396 Å². The van der Waals surface area contributed by atoms with E-state index in [1.807, 2.05) is 0 Å².